The smallest absolute Gasteiger partial charge is 0.406 e. The van der Waals surface area contributed by atoms with Crippen LogP contribution in [0.3, 0.4) is 0 Å². The van der Waals surface area contributed by atoms with Crippen LogP contribution in [-0.2, 0) is 11.3 Å². The van der Waals surface area contributed by atoms with E-state index in [0.29, 0.717) is 13.2 Å². The van der Waals surface area contributed by atoms with Crippen molar-refractivity contribution in [2.75, 3.05) is 36.5 Å². The van der Waals surface area contributed by atoms with Crippen molar-refractivity contribution in [1.29, 1.82) is 0 Å². The van der Waals surface area contributed by atoms with E-state index in [1.807, 2.05) is 6.07 Å². The van der Waals surface area contributed by atoms with Gasteiger partial charge in [0.2, 0.25) is 0 Å². The van der Waals surface area contributed by atoms with Crippen molar-refractivity contribution in [3.63, 3.8) is 0 Å². The summed E-state index contributed by atoms with van der Waals surface area (Å²) in [6.45, 7) is 3.03. The number of alkyl halides is 3. The Labute approximate surface area is 159 Å². The van der Waals surface area contributed by atoms with Crippen molar-refractivity contribution in [2.45, 2.75) is 12.9 Å². The molecule has 0 unspecified atom stereocenters. The maximum atomic E-state index is 12.3. The van der Waals surface area contributed by atoms with Crippen molar-refractivity contribution < 1.29 is 27.4 Å². The van der Waals surface area contributed by atoms with E-state index >= 15 is 0 Å². The van der Waals surface area contributed by atoms with Gasteiger partial charge in [-0.1, -0.05) is 6.07 Å². The van der Waals surface area contributed by atoms with Gasteiger partial charge in [0.15, 0.2) is 0 Å². The van der Waals surface area contributed by atoms with Crippen LogP contribution in [0.2, 0.25) is 0 Å². The second-order valence-corrected chi connectivity index (χ2v) is 6.01. The fourth-order valence-corrected chi connectivity index (χ4v) is 2.66. The van der Waals surface area contributed by atoms with Crippen LogP contribution in [0.1, 0.15) is 5.56 Å². The molecular weight excluding hydrogens is 377 g/mol. The van der Waals surface area contributed by atoms with Gasteiger partial charge in [0, 0.05) is 37.6 Å². The molecule has 7 nitrogen and oxygen atoms in total. The van der Waals surface area contributed by atoms with Gasteiger partial charge in [-0.2, -0.15) is 0 Å². The topological polar surface area (TPSA) is 75.7 Å². The predicted molar refractivity (Wildman–Crippen MR) is 96.3 cm³/mol. The Morgan fingerprint density at radius 2 is 2.00 bits per heavy atom. The van der Waals surface area contributed by atoms with E-state index in [4.69, 9.17) is 4.74 Å². The largest absolute Gasteiger partial charge is 0.573 e. The third kappa shape index (κ3) is 6.02. The van der Waals surface area contributed by atoms with Crippen molar-refractivity contribution in [3.05, 3.63) is 48.2 Å². The Kier molecular flexibility index (Phi) is 6.19. The lowest BCUT2D eigenvalue weighted by Crippen LogP contribution is -2.36. The molecule has 1 saturated heterocycles. The minimum Gasteiger partial charge on any atom is -0.406 e. The van der Waals surface area contributed by atoms with Gasteiger partial charge < -0.3 is 25.0 Å². The molecule has 28 heavy (non-hydrogen) atoms. The summed E-state index contributed by atoms with van der Waals surface area (Å²) in [6, 6.07) is 8.18. The number of hydrogen-bond acceptors (Lipinski definition) is 5. The molecule has 0 aliphatic carbocycles. The van der Waals surface area contributed by atoms with Crippen molar-refractivity contribution in [3.8, 4) is 5.75 Å². The fourth-order valence-electron chi connectivity index (χ4n) is 2.66. The number of urea groups is 1. The SMILES string of the molecule is O=C(NCc1ccnc(N2CCOCC2)c1)Nc1cccc(OC(F)(F)F)c1. The van der Waals surface area contributed by atoms with E-state index in [0.717, 1.165) is 36.6 Å². The highest BCUT2D eigenvalue weighted by atomic mass is 19.4. The summed E-state index contributed by atoms with van der Waals surface area (Å²) in [4.78, 5) is 18.5. The van der Waals surface area contributed by atoms with Crippen LogP contribution in [0.5, 0.6) is 5.75 Å². The van der Waals surface area contributed by atoms with Crippen LogP contribution in [0.15, 0.2) is 42.6 Å². The van der Waals surface area contributed by atoms with Gasteiger partial charge in [-0.15, -0.1) is 13.2 Å². The minimum absolute atomic E-state index is 0.183. The number of aromatic nitrogens is 1. The maximum absolute atomic E-state index is 12.3. The first-order chi connectivity index (χ1) is 13.4. The molecule has 1 aromatic heterocycles. The molecule has 2 heterocycles. The number of nitrogens with one attached hydrogen (secondary N) is 2. The van der Waals surface area contributed by atoms with E-state index < -0.39 is 18.1 Å². The number of morpholine rings is 1. The number of nitrogens with zero attached hydrogens (tertiary/aromatic N) is 2. The van der Waals surface area contributed by atoms with Crippen LogP contribution in [0, 0.1) is 0 Å². The van der Waals surface area contributed by atoms with Gasteiger partial charge in [-0.25, -0.2) is 9.78 Å². The van der Waals surface area contributed by atoms with E-state index in [-0.39, 0.29) is 12.2 Å². The monoisotopic (exact) mass is 396 g/mol. The van der Waals surface area contributed by atoms with Gasteiger partial charge in [0.05, 0.1) is 13.2 Å². The summed E-state index contributed by atoms with van der Waals surface area (Å²) in [5.41, 5.74) is 1.03. The Morgan fingerprint density at radius 1 is 1.21 bits per heavy atom. The average molecular weight is 396 g/mol. The van der Waals surface area contributed by atoms with E-state index in [9.17, 15) is 18.0 Å². The van der Waals surface area contributed by atoms with Crippen LogP contribution in [0.4, 0.5) is 29.5 Å². The number of pyridine rings is 1. The molecule has 2 aromatic rings. The van der Waals surface area contributed by atoms with Crippen LogP contribution in [0.25, 0.3) is 0 Å². The van der Waals surface area contributed by atoms with Gasteiger partial charge in [-0.05, 0) is 29.8 Å². The van der Waals surface area contributed by atoms with E-state index in [2.05, 4.69) is 25.3 Å². The maximum Gasteiger partial charge on any atom is 0.573 e. The molecule has 1 aliphatic rings. The molecule has 0 spiro atoms. The summed E-state index contributed by atoms with van der Waals surface area (Å²) in [7, 11) is 0. The van der Waals surface area contributed by atoms with Gasteiger partial charge >= 0.3 is 12.4 Å². The van der Waals surface area contributed by atoms with E-state index in [1.165, 1.54) is 12.1 Å². The molecule has 0 bridgehead atoms. The Bertz CT molecular complexity index is 811. The molecule has 1 aliphatic heterocycles. The standard InChI is InChI=1S/C18H19F3N4O3/c19-18(20,21)28-15-3-1-2-14(11-15)24-17(26)23-12-13-4-5-22-16(10-13)25-6-8-27-9-7-25/h1-5,10-11H,6-9,12H2,(H2,23,24,26). The number of carbonyl (C=O) groups excluding carboxylic acids is 1. The first-order valence-corrected chi connectivity index (χ1v) is 8.57. The Morgan fingerprint density at radius 3 is 2.75 bits per heavy atom. The lowest BCUT2D eigenvalue weighted by Gasteiger charge is -2.28. The number of halogens is 3. The average Bonchev–Trinajstić information content (AvgIpc) is 2.66. The third-order valence-corrected chi connectivity index (χ3v) is 3.92. The summed E-state index contributed by atoms with van der Waals surface area (Å²) >= 11 is 0. The molecule has 0 atom stereocenters. The zero-order valence-corrected chi connectivity index (χ0v) is 14.8. The lowest BCUT2D eigenvalue weighted by molar-refractivity contribution is -0.274. The predicted octanol–water partition coefficient (Wildman–Crippen LogP) is 3.14. The highest BCUT2D eigenvalue weighted by Crippen LogP contribution is 2.25. The fraction of sp³-hybridized carbons (Fsp3) is 0.333. The van der Waals surface area contributed by atoms with Crippen molar-refractivity contribution in [2.24, 2.45) is 0 Å². The van der Waals surface area contributed by atoms with Crippen molar-refractivity contribution >= 4 is 17.5 Å². The Hall–Kier alpha value is -3.01. The van der Waals surface area contributed by atoms with Crippen LogP contribution >= 0.6 is 0 Å². The highest BCUT2D eigenvalue weighted by Gasteiger charge is 2.31. The first-order valence-electron chi connectivity index (χ1n) is 8.57. The second kappa shape index (κ2) is 8.79. The molecule has 0 saturated carbocycles. The summed E-state index contributed by atoms with van der Waals surface area (Å²) in [5, 5.41) is 5.14. The molecule has 10 heteroatoms. The number of benzene rings is 1. The summed E-state index contributed by atoms with van der Waals surface area (Å²) in [6.07, 6.45) is -3.13. The van der Waals surface area contributed by atoms with Gasteiger partial charge in [0.1, 0.15) is 11.6 Å². The second-order valence-electron chi connectivity index (χ2n) is 6.01. The van der Waals surface area contributed by atoms with Gasteiger partial charge in [0.25, 0.3) is 0 Å². The number of amides is 2. The van der Waals surface area contributed by atoms with E-state index in [1.54, 1.807) is 12.3 Å². The lowest BCUT2D eigenvalue weighted by atomic mass is 10.2. The summed E-state index contributed by atoms with van der Waals surface area (Å²) in [5.74, 6) is 0.398. The van der Waals surface area contributed by atoms with Crippen LogP contribution in [-0.4, -0.2) is 43.7 Å². The van der Waals surface area contributed by atoms with Gasteiger partial charge in [-0.3, -0.25) is 0 Å². The number of hydrogen-bond donors (Lipinski definition) is 2. The molecule has 1 aromatic carbocycles. The zero-order valence-electron chi connectivity index (χ0n) is 14.8. The quantitative estimate of drug-likeness (QED) is 0.812. The third-order valence-electron chi connectivity index (χ3n) is 3.92. The number of anilines is 2. The first kappa shape index (κ1) is 19.7. The normalized spacial score (nSPS) is 14.5. The molecule has 2 amide bonds. The highest BCUT2D eigenvalue weighted by molar-refractivity contribution is 5.89. The minimum atomic E-state index is -4.79. The number of rotatable bonds is 5. The van der Waals surface area contributed by atoms with Crippen LogP contribution < -0.4 is 20.3 Å². The molecule has 150 valence electrons. The molecule has 0 radical (unpaired) electrons. The summed E-state index contributed by atoms with van der Waals surface area (Å²) < 4.78 is 46.0. The molecular formula is C18H19F3N4O3. The zero-order chi connectivity index (χ0) is 20.0. The molecule has 1 fully saturated rings. The molecule has 3 rings (SSSR count). The number of carbonyl (C=O) groups is 1. The number of ether oxygens (including phenoxy) is 2. The molecule has 2 N–H and O–H groups in total. The Balaban J connectivity index is 1.54. The van der Waals surface area contributed by atoms with Crippen molar-refractivity contribution in [1.82, 2.24) is 10.3 Å².